The molecular formula is C12H18N6O2S. The first kappa shape index (κ1) is 15.3. The minimum absolute atomic E-state index is 0.133. The van der Waals surface area contributed by atoms with E-state index in [2.05, 4.69) is 20.5 Å². The third kappa shape index (κ3) is 3.14. The van der Waals surface area contributed by atoms with E-state index in [0.717, 1.165) is 4.31 Å². The lowest BCUT2D eigenvalue weighted by Crippen LogP contribution is -2.22. The number of nitrogens with zero attached hydrogens (tertiary/aromatic N) is 3. The Bertz CT molecular complexity index is 711. The minimum Gasteiger partial charge on any atom is -0.397 e. The van der Waals surface area contributed by atoms with E-state index in [9.17, 15) is 8.42 Å². The summed E-state index contributed by atoms with van der Waals surface area (Å²) in [7, 11) is -0.539. The summed E-state index contributed by atoms with van der Waals surface area (Å²) < 4.78 is 25.2. The summed E-state index contributed by atoms with van der Waals surface area (Å²) in [5.74, 6) is 0.666. The molecule has 1 unspecified atom stereocenters. The van der Waals surface area contributed by atoms with Gasteiger partial charge in [-0.3, -0.25) is 5.10 Å². The molecule has 9 heteroatoms. The molecule has 0 aliphatic rings. The maximum Gasteiger partial charge on any atom is 0.242 e. The molecule has 0 spiro atoms. The van der Waals surface area contributed by atoms with E-state index in [1.165, 1.54) is 32.6 Å². The van der Waals surface area contributed by atoms with Crippen molar-refractivity contribution in [2.45, 2.75) is 17.9 Å². The lowest BCUT2D eigenvalue weighted by Gasteiger charge is -2.16. The normalized spacial score (nSPS) is 13.3. The lowest BCUT2D eigenvalue weighted by molar-refractivity contribution is 0.521. The topological polar surface area (TPSA) is 117 Å². The lowest BCUT2D eigenvalue weighted by atomic mass is 10.2. The third-order valence-corrected chi connectivity index (χ3v) is 4.83. The van der Waals surface area contributed by atoms with Crippen LogP contribution in [0.3, 0.4) is 0 Å². The van der Waals surface area contributed by atoms with Crippen molar-refractivity contribution >= 4 is 21.4 Å². The molecule has 2 rings (SSSR count). The molecular weight excluding hydrogens is 292 g/mol. The predicted octanol–water partition coefficient (Wildman–Crippen LogP) is 0.810. The molecule has 4 N–H and O–H groups in total. The van der Waals surface area contributed by atoms with Crippen molar-refractivity contribution in [3.8, 4) is 0 Å². The number of benzene rings is 1. The van der Waals surface area contributed by atoms with Gasteiger partial charge >= 0.3 is 0 Å². The minimum atomic E-state index is -3.49. The van der Waals surface area contributed by atoms with E-state index >= 15 is 0 Å². The van der Waals surface area contributed by atoms with Crippen LogP contribution in [-0.2, 0) is 10.0 Å². The van der Waals surface area contributed by atoms with Crippen LogP contribution in [0.5, 0.6) is 0 Å². The number of sulfonamides is 1. The second kappa shape index (κ2) is 5.70. The van der Waals surface area contributed by atoms with Crippen molar-refractivity contribution in [3.63, 3.8) is 0 Å². The van der Waals surface area contributed by atoms with Gasteiger partial charge in [-0.25, -0.2) is 17.7 Å². The van der Waals surface area contributed by atoms with Crippen LogP contribution in [0.1, 0.15) is 18.8 Å². The summed E-state index contributed by atoms with van der Waals surface area (Å²) in [4.78, 5) is 4.20. The van der Waals surface area contributed by atoms with Crippen LogP contribution in [0, 0.1) is 0 Å². The van der Waals surface area contributed by atoms with Gasteiger partial charge in [-0.15, -0.1) is 0 Å². The molecule has 1 heterocycles. The standard InChI is InChI=1S/C12H18N6O2S/c1-8(12-14-7-15-17-12)16-11-5-4-9(6-10(11)13)21(19,20)18(2)3/h4-8,16H,13H2,1-3H3,(H,14,15,17). The van der Waals surface area contributed by atoms with Gasteiger partial charge in [0.15, 0.2) is 0 Å². The molecule has 0 bridgehead atoms. The Morgan fingerprint density at radius 3 is 2.62 bits per heavy atom. The first-order chi connectivity index (χ1) is 9.82. The Morgan fingerprint density at radius 2 is 2.10 bits per heavy atom. The van der Waals surface area contributed by atoms with Crippen molar-refractivity contribution < 1.29 is 8.42 Å². The Kier molecular flexibility index (Phi) is 4.14. The molecule has 0 saturated heterocycles. The number of rotatable bonds is 5. The fourth-order valence-corrected chi connectivity index (χ4v) is 2.71. The maximum absolute atomic E-state index is 12.0. The summed E-state index contributed by atoms with van der Waals surface area (Å²) in [5.41, 5.74) is 6.92. The van der Waals surface area contributed by atoms with E-state index < -0.39 is 10.0 Å². The van der Waals surface area contributed by atoms with Gasteiger partial charge in [-0.05, 0) is 25.1 Å². The molecule has 0 fully saturated rings. The Labute approximate surface area is 123 Å². The van der Waals surface area contributed by atoms with Crippen molar-refractivity contribution in [1.29, 1.82) is 0 Å². The average molecular weight is 310 g/mol. The summed E-state index contributed by atoms with van der Waals surface area (Å²) in [6, 6.07) is 4.45. The molecule has 1 atom stereocenters. The molecule has 0 aliphatic heterocycles. The highest BCUT2D eigenvalue weighted by atomic mass is 32.2. The number of nitrogens with one attached hydrogen (secondary N) is 2. The van der Waals surface area contributed by atoms with Gasteiger partial charge in [-0.1, -0.05) is 0 Å². The largest absolute Gasteiger partial charge is 0.397 e. The fourth-order valence-electron chi connectivity index (χ4n) is 1.77. The first-order valence-electron chi connectivity index (χ1n) is 6.26. The number of nitrogens with two attached hydrogens (primary N) is 1. The van der Waals surface area contributed by atoms with Gasteiger partial charge < -0.3 is 11.1 Å². The summed E-state index contributed by atoms with van der Waals surface area (Å²) >= 11 is 0. The van der Waals surface area contributed by atoms with Gasteiger partial charge in [0.25, 0.3) is 0 Å². The van der Waals surface area contributed by atoms with Gasteiger partial charge in [0, 0.05) is 14.1 Å². The molecule has 1 aromatic heterocycles. The number of hydrogen-bond donors (Lipinski definition) is 3. The van der Waals surface area contributed by atoms with Crippen LogP contribution in [0.25, 0.3) is 0 Å². The molecule has 8 nitrogen and oxygen atoms in total. The molecule has 0 aliphatic carbocycles. The third-order valence-electron chi connectivity index (χ3n) is 3.02. The van der Waals surface area contributed by atoms with E-state index in [1.807, 2.05) is 6.92 Å². The predicted molar refractivity (Wildman–Crippen MR) is 80.1 cm³/mol. The molecule has 0 radical (unpaired) electrons. The number of aromatic amines is 1. The summed E-state index contributed by atoms with van der Waals surface area (Å²) in [6.07, 6.45) is 1.42. The maximum atomic E-state index is 12.0. The number of H-pyrrole nitrogens is 1. The Morgan fingerprint density at radius 1 is 1.38 bits per heavy atom. The van der Waals surface area contributed by atoms with Gasteiger partial charge in [0.2, 0.25) is 10.0 Å². The van der Waals surface area contributed by atoms with E-state index in [4.69, 9.17) is 5.73 Å². The molecule has 0 amide bonds. The van der Waals surface area contributed by atoms with Crippen LogP contribution in [0.2, 0.25) is 0 Å². The average Bonchev–Trinajstić information content (AvgIpc) is 2.94. The summed E-state index contributed by atoms with van der Waals surface area (Å²) in [6.45, 7) is 1.89. The molecule has 0 saturated carbocycles. The first-order valence-corrected chi connectivity index (χ1v) is 7.70. The van der Waals surface area contributed by atoms with Crippen LogP contribution in [0.15, 0.2) is 29.4 Å². The van der Waals surface area contributed by atoms with E-state index in [0.29, 0.717) is 17.2 Å². The number of nitrogen functional groups attached to an aromatic ring is 1. The van der Waals surface area contributed by atoms with Crippen molar-refractivity contribution in [2.24, 2.45) is 0 Å². The van der Waals surface area contributed by atoms with Gasteiger partial charge in [0.1, 0.15) is 12.2 Å². The monoisotopic (exact) mass is 310 g/mol. The van der Waals surface area contributed by atoms with Crippen molar-refractivity contribution in [3.05, 3.63) is 30.4 Å². The van der Waals surface area contributed by atoms with Gasteiger partial charge in [-0.2, -0.15) is 5.10 Å². The Balaban J connectivity index is 2.24. The Hall–Kier alpha value is -2.13. The quantitative estimate of drug-likeness (QED) is 0.704. The van der Waals surface area contributed by atoms with Crippen molar-refractivity contribution in [1.82, 2.24) is 19.5 Å². The smallest absolute Gasteiger partial charge is 0.242 e. The van der Waals surface area contributed by atoms with Crippen molar-refractivity contribution in [2.75, 3.05) is 25.1 Å². The van der Waals surface area contributed by atoms with Crippen LogP contribution >= 0.6 is 0 Å². The zero-order chi connectivity index (χ0) is 15.6. The van der Waals surface area contributed by atoms with Gasteiger partial charge in [0.05, 0.1) is 22.3 Å². The fraction of sp³-hybridized carbons (Fsp3) is 0.333. The molecule has 2 aromatic rings. The van der Waals surface area contributed by atoms with Crippen LogP contribution in [-0.4, -0.2) is 42.0 Å². The van der Waals surface area contributed by atoms with Crippen LogP contribution in [0.4, 0.5) is 11.4 Å². The zero-order valence-electron chi connectivity index (χ0n) is 12.0. The number of hydrogen-bond acceptors (Lipinski definition) is 6. The molecule has 114 valence electrons. The van der Waals surface area contributed by atoms with E-state index in [1.54, 1.807) is 6.07 Å². The second-order valence-corrected chi connectivity index (χ2v) is 6.93. The van der Waals surface area contributed by atoms with E-state index in [-0.39, 0.29) is 10.9 Å². The highest BCUT2D eigenvalue weighted by Crippen LogP contribution is 2.26. The second-order valence-electron chi connectivity index (χ2n) is 4.77. The zero-order valence-corrected chi connectivity index (χ0v) is 12.8. The highest BCUT2D eigenvalue weighted by molar-refractivity contribution is 7.89. The van der Waals surface area contributed by atoms with Crippen LogP contribution < -0.4 is 11.1 Å². The number of anilines is 2. The molecule has 1 aromatic carbocycles. The molecule has 21 heavy (non-hydrogen) atoms. The SMILES string of the molecule is CC(Nc1ccc(S(=O)(=O)N(C)C)cc1N)c1ncn[nH]1. The number of aromatic nitrogens is 3. The summed E-state index contributed by atoms with van der Waals surface area (Å²) in [5, 5.41) is 9.69. The highest BCUT2D eigenvalue weighted by Gasteiger charge is 2.18.